The lowest BCUT2D eigenvalue weighted by Crippen LogP contribution is -2.55. The zero-order chi connectivity index (χ0) is 25.7. The van der Waals surface area contributed by atoms with Gasteiger partial charge >= 0.3 is 0 Å². The summed E-state index contributed by atoms with van der Waals surface area (Å²) in [4.78, 5) is 26.1. The largest absolute Gasteiger partial charge is 0.494 e. The van der Waals surface area contributed by atoms with Crippen molar-refractivity contribution in [1.29, 1.82) is 0 Å². The first-order chi connectivity index (χ1) is 17.5. The molecule has 1 atom stereocenters. The number of piperazine rings is 1. The molecule has 36 heavy (non-hydrogen) atoms. The van der Waals surface area contributed by atoms with Gasteiger partial charge in [-0.15, -0.1) is 0 Å². The normalized spacial score (nSPS) is 15.9. The van der Waals surface area contributed by atoms with Gasteiger partial charge in [-0.3, -0.25) is 4.79 Å². The Hall–Kier alpha value is -3.94. The Bertz CT molecular complexity index is 1290. The number of nitrogens with zero attached hydrogens (tertiary/aromatic N) is 4. The molecule has 1 saturated heterocycles. The van der Waals surface area contributed by atoms with Gasteiger partial charge in [-0.2, -0.15) is 0 Å². The van der Waals surface area contributed by atoms with E-state index in [-0.39, 0.29) is 17.7 Å². The van der Waals surface area contributed by atoms with Crippen molar-refractivity contribution in [3.05, 3.63) is 66.3 Å². The number of carbonyl (C=O) groups excluding carboxylic acids is 1. The average Bonchev–Trinajstić information content (AvgIpc) is 2.91. The van der Waals surface area contributed by atoms with Gasteiger partial charge < -0.3 is 19.3 Å². The Morgan fingerprint density at radius 2 is 2.00 bits per heavy atom. The van der Waals surface area contributed by atoms with E-state index in [0.29, 0.717) is 32.1 Å². The van der Waals surface area contributed by atoms with Gasteiger partial charge in [-0.1, -0.05) is 25.6 Å². The smallest absolute Gasteiger partial charge is 0.246 e. The number of methoxy groups -OCH3 is 1. The summed E-state index contributed by atoms with van der Waals surface area (Å²) in [6.45, 7) is 10.1. The minimum Gasteiger partial charge on any atom is -0.494 e. The van der Waals surface area contributed by atoms with E-state index in [0.717, 1.165) is 34.5 Å². The number of hydrogen-bond donors (Lipinski definition) is 0. The van der Waals surface area contributed by atoms with Crippen LogP contribution in [0.2, 0.25) is 0 Å². The lowest BCUT2D eigenvalue weighted by atomic mass is 10.1. The first-order valence-electron chi connectivity index (χ1n) is 12.1. The summed E-state index contributed by atoms with van der Waals surface area (Å²) >= 11 is 0. The number of carbonyl (C=O) groups is 1. The third-order valence-corrected chi connectivity index (χ3v) is 6.29. The Morgan fingerprint density at radius 1 is 1.17 bits per heavy atom. The molecule has 0 saturated carbocycles. The van der Waals surface area contributed by atoms with Crippen molar-refractivity contribution < 1.29 is 18.7 Å². The fraction of sp³-hybridized carbons (Fsp3) is 0.321. The number of amides is 1. The number of aromatic nitrogens is 2. The highest BCUT2D eigenvalue weighted by Crippen LogP contribution is 2.30. The Morgan fingerprint density at radius 3 is 2.72 bits per heavy atom. The lowest BCUT2D eigenvalue weighted by molar-refractivity contribution is -0.128. The van der Waals surface area contributed by atoms with E-state index in [4.69, 9.17) is 19.4 Å². The fourth-order valence-corrected chi connectivity index (χ4v) is 4.44. The van der Waals surface area contributed by atoms with Crippen LogP contribution in [0.15, 0.2) is 49.1 Å². The summed E-state index contributed by atoms with van der Waals surface area (Å²) in [6, 6.07) is 10.5. The first-order valence-corrected chi connectivity index (χ1v) is 12.1. The van der Waals surface area contributed by atoms with Crippen molar-refractivity contribution in [2.24, 2.45) is 0 Å². The molecule has 1 aromatic heterocycles. The topological polar surface area (TPSA) is 67.8 Å². The number of rotatable bonds is 8. The van der Waals surface area contributed by atoms with Crippen LogP contribution in [-0.2, 0) is 4.79 Å². The average molecular weight is 491 g/mol. The van der Waals surface area contributed by atoms with E-state index in [2.05, 4.69) is 18.4 Å². The zero-order valence-electron chi connectivity index (χ0n) is 20.9. The minimum absolute atomic E-state index is 0.0500. The fourth-order valence-electron chi connectivity index (χ4n) is 4.44. The molecular formula is C28H31FN4O3. The van der Waals surface area contributed by atoms with Crippen LogP contribution in [-0.4, -0.2) is 60.2 Å². The Labute approximate surface area is 210 Å². The first kappa shape index (κ1) is 25.2. The molecule has 188 valence electrons. The van der Waals surface area contributed by atoms with Gasteiger partial charge in [0.1, 0.15) is 11.6 Å². The quantitative estimate of drug-likeness (QED) is 0.416. The molecule has 1 aliphatic rings. The van der Waals surface area contributed by atoms with Crippen LogP contribution in [0.4, 0.5) is 10.2 Å². The molecule has 4 rings (SSSR count). The van der Waals surface area contributed by atoms with Crippen molar-refractivity contribution in [3.8, 4) is 11.5 Å². The predicted octanol–water partition coefficient (Wildman–Crippen LogP) is 4.96. The number of anilines is 1. The second-order valence-corrected chi connectivity index (χ2v) is 8.49. The van der Waals surface area contributed by atoms with Crippen LogP contribution < -0.4 is 14.4 Å². The van der Waals surface area contributed by atoms with E-state index in [1.165, 1.54) is 19.3 Å². The van der Waals surface area contributed by atoms with Crippen LogP contribution >= 0.6 is 0 Å². The molecule has 0 unspecified atom stereocenters. The number of ether oxygens (including phenoxy) is 2. The van der Waals surface area contributed by atoms with E-state index in [9.17, 15) is 9.18 Å². The second kappa shape index (κ2) is 11.2. The third-order valence-electron chi connectivity index (χ3n) is 6.29. The number of fused-ring (bicyclic) bond motifs is 1. The third kappa shape index (κ3) is 5.32. The van der Waals surface area contributed by atoms with E-state index >= 15 is 0 Å². The molecule has 3 aromatic rings. The van der Waals surface area contributed by atoms with E-state index in [1.54, 1.807) is 18.2 Å². The number of hydrogen-bond acceptors (Lipinski definition) is 6. The molecule has 2 heterocycles. The van der Waals surface area contributed by atoms with Gasteiger partial charge in [0.05, 0.1) is 19.2 Å². The van der Waals surface area contributed by atoms with E-state index in [1.807, 2.05) is 36.1 Å². The Balaban J connectivity index is 1.73. The summed E-state index contributed by atoms with van der Waals surface area (Å²) in [5, 5.41) is 0.889. The van der Waals surface area contributed by atoms with Gasteiger partial charge in [-0.05, 0) is 61.4 Å². The molecule has 0 aliphatic carbocycles. The van der Waals surface area contributed by atoms with Crippen LogP contribution in [0.25, 0.3) is 23.1 Å². The summed E-state index contributed by atoms with van der Waals surface area (Å²) in [7, 11) is 1.44. The van der Waals surface area contributed by atoms with Gasteiger partial charge in [0.2, 0.25) is 5.91 Å². The summed E-state index contributed by atoms with van der Waals surface area (Å²) in [5.41, 5.74) is 1.56. The molecular weight excluding hydrogens is 459 g/mol. The lowest BCUT2D eigenvalue weighted by Gasteiger charge is -2.41. The molecule has 1 fully saturated rings. The molecule has 0 radical (unpaired) electrons. The molecule has 0 spiro atoms. The van der Waals surface area contributed by atoms with Gasteiger partial charge in [0.25, 0.3) is 0 Å². The van der Waals surface area contributed by atoms with Crippen LogP contribution in [0.3, 0.4) is 0 Å². The highest BCUT2D eigenvalue weighted by molar-refractivity contribution is 5.92. The highest BCUT2D eigenvalue weighted by Gasteiger charge is 2.29. The van der Waals surface area contributed by atoms with Crippen molar-refractivity contribution in [2.75, 3.05) is 38.3 Å². The van der Waals surface area contributed by atoms with Gasteiger partial charge in [-0.25, -0.2) is 14.4 Å². The SMILES string of the molecule is C=CC(=O)N1CCN(c2nc(/C=C/c3ccc(F)c(OC)c3)nc3ccc(OCC)cc23)C[C@@H]1CC. The zero-order valence-corrected chi connectivity index (χ0v) is 20.9. The maximum Gasteiger partial charge on any atom is 0.246 e. The van der Waals surface area contributed by atoms with Crippen molar-refractivity contribution in [1.82, 2.24) is 14.9 Å². The summed E-state index contributed by atoms with van der Waals surface area (Å²) in [5.74, 6) is 1.79. The van der Waals surface area contributed by atoms with Crippen LogP contribution in [0.1, 0.15) is 31.7 Å². The molecule has 8 heteroatoms. The number of halogens is 1. The molecule has 7 nitrogen and oxygen atoms in total. The molecule has 1 aliphatic heterocycles. The van der Waals surface area contributed by atoms with Crippen molar-refractivity contribution in [2.45, 2.75) is 26.3 Å². The summed E-state index contributed by atoms with van der Waals surface area (Å²) in [6.07, 6.45) is 5.83. The predicted molar refractivity (Wildman–Crippen MR) is 141 cm³/mol. The summed E-state index contributed by atoms with van der Waals surface area (Å²) < 4.78 is 24.6. The van der Waals surface area contributed by atoms with Crippen molar-refractivity contribution >= 4 is 34.8 Å². The number of benzene rings is 2. The molecule has 2 aromatic carbocycles. The monoisotopic (exact) mass is 490 g/mol. The maximum atomic E-state index is 13.8. The van der Waals surface area contributed by atoms with Crippen LogP contribution in [0, 0.1) is 5.82 Å². The minimum atomic E-state index is -0.413. The molecule has 1 amide bonds. The standard InChI is InChI=1S/C28H31FN4O3/c1-5-20-18-32(14-15-33(20)27(34)6-2)28-22-17-21(36-7-3)10-12-24(22)30-26(31-28)13-9-19-8-11-23(29)25(16-19)35-4/h6,8-13,16-17,20H,2,5,7,14-15,18H2,1,3-4H3/b13-9+/t20-/m0/s1. The molecule has 0 N–H and O–H groups in total. The maximum absolute atomic E-state index is 13.8. The van der Waals surface area contributed by atoms with Crippen molar-refractivity contribution in [3.63, 3.8) is 0 Å². The highest BCUT2D eigenvalue weighted by atomic mass is 19.1. The van der Waals surface area contributed by atoms with E-state index < -0.39 is 5.82 Å². The second-order valence-electron chi connectivity index (χ2n) is 8.49. The van der Waals surface area contributed by atoms with Gasteiger partial charge in [0, 0.05) is 31.1 Å². The molecule has 0 bridgehead atoms. The van der Waals surface area contributed by atoms with Gasteiger partial charge in [0.15, 0.2) is 17.4 Å². The Kier molecular flexibility index (Phi) is 7.83. The van der Waals surface area contributed by atoms with Crippen LogP contribution in [0.5, 0.6) is 11.5 Å².